The fraction of sp³-hybridized carbons (Fsp3) is 0.824. The van der Waals surface area contributed by atoms with Gasteiger partial charge in [-0.2, -0.15) is 5.10 Å². The lowest BCUT2D eigenvalue weighted by Crippen LogP contribution is -2.47. The molecule has 2 bridgehead atoms. The first-order chi connectivity index (χ1) is 9.36. The van der Waals surface area contributed by atoms with E-state index in [1.54, 1.807) is 0 Å². The van der Waals surface area contributed by atoms with Crippen molar-refractivity contribution in [2.45, 2.75) is 58.4 Å². The molecule has 0 aromatic carbocycles. The Kier molecular flexibility index (Phi) is 3.44. The molecule has 3 heteroatoms. The first-order valence-corrected chi connectivity index (χ1v) is 8.09. The van der Waals surface area contributed by atoms with Gasteiger partial charge in [-0.3, -0.25) is 4.68 Å². The van der Waals surface area contributed by atoms with Crippen molar-refractivity contribution in [1.82, 2.24) is 15.1 Å². The molecule has 1 aromatic heterocycles. The van der Waals surface area contributed by atoms with Crippen LogP contribution in [0.4, 0.5) is 0 Å². The Labute approximate surface area is 123 Å². The summed E-state index contributed by atoms with van der Waals surface area (Å²) in [7, 11) is 2.02. The molecule has 112 valence electrons. The molecule has 2 aliphatic carbocycles. The summed E-state index contributed by atoms with van der Waals surface area (Å²) in [6, 6.07) is 0. The van der Waals surface area contributed by atoms with Gasteiger partial charge in [0.05, 0.1) is 6.20 Å². The molecule has 1 N–H and O–H groups in total. The second kappa shape index (κ2) is 4.87. The highest BCUT2D eigenvalue weighted by Crippen LogP contribution is 2.57. The molecule has 0 aliphatic heterocycles. The molecule has 0 radical (unpaired) electrons. The average Bonchev–Trinajstić information content (AvgIpc) is 3.02. The molecule has 1 heterocycles. The molecule has 3 rings (SSSR count). The van der Waals surface area contributed by atoms with Crippen LogP contribution in [0.1, 0.15) is 52.0 Å². The van der Waals surface area contributed by atoms with Crippen molar-refractivity contribution in [2.75, 3.05) is 6.54 Å². The van der Waals surface area contributed by atoms with E-state index in [2.05, 4.69) is 43.6 Å². The Balaban J connectivity index is 1.77. The van der Waals surface area contributed by atoms with Crippen molar-refractivity contribution in [2.24, 2.45) is 24.3 Å². The molecule has 1 aromatic rings. The third kappa shape index (κ3) is 2.78. The summed E-state index contributed by atoms with van der Waals surface area (Å²) >= 11 is 0. The van der Waals surface area contributed by atoms with Crippen LogP contribution in [0.2, 0.25) is 0 Å². The molecule has 0 spiro atoms. The van der Waals surface area contributed by atoms with Crippen LogP contribution in [-0.2, 0) is 13.5 Å². The van der Waals surface area contributed by atoms with Crippen molar-refractivity contribution in [3.8, 4) is 0 Å². The smallest absolute Gasteiger partial charge is 0.0521 e. The third-order valence-corrected chi connectivity index (χ3v) is 5.39. The molecule has 0 saturated heterocycles. The summed E-state index contributed by atoms with van der Waals surface area (Å²) in [5, 5.41) is 8.15. The lowest BCUT2D eigenvalue weighted by Gasteiger charge is -2.40. The minimum Gasteiger partial charge on any atom is -0.311 e. The summed E-state index contributed by atoms with van der Waals surface area (Å²) in [5.41, 5.74) is 2.10. The maximum absolute atomic E-state index is 4.36. The number of fused-ring (bicyclic) bond motifs is 2. The molecular weight excluding hydrogens is 246 g/mol. The van der Waals surface area contributed by atoms with E-state index in [-0.39, 0.29) is 5.54 Å². The van der Waals surface area contributed by atoms with Crippen molar-refractivity contribution in [3.05, 3.63) is 18.0 Å². The minimum atomic E-state index is 0.212. The predicted molar refractivity (Wildman–Crippen MR) is 82.5 cm³/mol. The van der Waals surface area contributed by atoms with Crippen LogP contribution in [0.3, 0.4) is 0 Å². The van der Waals surface area contributed by atoms with E-state index in [1.807, 2.05) is 11.7 Å². The Morgan fingerprint density at radius 1 is 1.40 bits per heavy atom. The summed E-state index contributed by atoms with van der Waals surface area (Å²) in [5.74, 6) is 1.90. The maximum atomic E-state index is 4.36. The third-order valence-electron chi connectivity index (χ3n) is 5.39. The van der Waals surface area contributed by atoms with Crippen LogP contribution in [0, 0.1) is 17.3 Å². The first kappa shape index (κ1) is 14.1. The molecule has 3 nitrogen and oxygen atoms in total. The van der Waals surface area contributed by atoms with Crippen molar-refractivity contribution in [3.63, 3.8) is 0 Å². The summed E-state index contributed by atoms with van der Waals surface area (Å²) < 4.78 is 1.94. The Morgan fingerprint density at radius 2 is 2.20 bits per heavy atom. The SMILES string of the molecule is Cn1cc(CC2(CNC(C)(C)C)CC3CCC2C3)cn1. The van der Waals surface area contributed by atoms with Crippen LogP contribution >= 0.6 is 0 Å². The molecule has 2 aliphatic rings. The quantitative estimate of drug-likeness (QED) is 0.915. The summed E-state index contributed by atoms with van der Waals surface area (Å²) in [6.45, 7) is 7.99. The van der Waals surface area contributed by atoms with Gasteiger partial charge in [-0.15, -0.1) is 0 Å². The number of hydrogen-bond donors (Lipinski definition) is 1. The number of rotatable bonds is 4. The molecule has 3 unspecified atom stereocenters. The van der Waals surface area contributed by atoms with Gasteiger partial charge in [0, 0.05) is 25.3 Å². The first-order valence-electron chi connectivity index (χ1n) is 8.09. The molecule has 2 fully saturated rings. The molecule has 3 atom stereocenters. The maximum Gasteiger partial charge on any atom is 0.0521 e. The van der Waals surface area contributed by atoms with E-state index in [0.717, 1.165) is 18.4 Å². The highest BCUT2D eigenvalue weighted by Gasteiger charge is 2.50. The lowest BCUT2D eigenvalue weighted by molar-refractivity contribution is 0.143. The Bertz CT molecular complexity index is 471. The fourth-order valence-electron chi connectivity index (χ4n) is 4.46. The van der Waals surface area contributed by atoms with Gasteiger partial charge in [-0.05, 0) is 69.3 Å². The van der Waals surface area contributed by atoms with E-state index >= 15 is 0 Å². The lowest BCUT2D eigenvalue weighted by atomic mass is 9.69. The second-order valence-corrected chi connectivity index (χ2v) is 8.25. The topological polar surface area (TPSA) is 29.9 Å². The van der Waals surface area contributed by atoms with Gasteiger partial charge in [0.25, 0.3) is 0 Å². The van der Waals surface area contributed by atoms with Gasteiger partial charge >= 0.3 is 0 Å². The van der Waals surface area contributed by atoms with E-state index in [1.165, 1.54) is 37.7 Å². The summed E-state index contributed by atoms with van der Waals surface area (Å²) in [4.78, 5) is 0. The molecule has 2 saturated carbocycles. The number of aryl methyl sites for hydroxylation is 1. The Hall–Kier alpha value is -0.830. The molecule has 0 amide bonds. The van der Waals surface area contributed by atoms with Gasteiger partial charge in [-0.1, -0.05) is 6.42 Å². The number of hydrogen-bond acceptors (Lipinski definition) is 2. The number of nitrogens with one attached hydrogen (secondary N) is 1. The average molecular weight is 275 g/mol. The van der Waals surface area contributed by atoms with Crippen molar-refractivity contribution < 1.29 is 0 Å². The zero-order valence-electron chi connectivity index (χ0n) is 13.4. The van der Waals surface area contributed by atoms with Crippen LogP contribution in [0.5, 0.6) is 0 Å². The zero-order chi connectivity index (χ0) is 14.4. The van der Waals surface area contributed by atoms with Gasteiger partial charge in [0.2, 0.25) is 0 Å². The normalized spacial score (nSPS) is 33.0. The fourth-order valence-corrected chi connectivity index (χ4v) is 4.46. The molecule has 20 heavy (non-hydrogen) atoms. The van der Waals surface area contributed by atoms with E-state index in [4.69, 9.17) is 0 Å². The van der Waals surface area contributed by atoms with Crippen molar-refractivity contribution in [1.29, 1.82) is 0 Å². The van der Waals surface area contributed by atoms with Gasteiger partial charge in [0.1, 0.15) is 0 Å². The largest absolute Gasteiger partial charge is 0.311 e. The van der Waals surface area contributed by atoms with Crippen LogP contribution in [0.15, 0.2) is 12.4 Å². The highest BCUT2D eigenvalue weighted by molar-refractivity contribution is 5.13. The zero-order valence-corrected chi connectivity index (χ0v) is 13.4. The van der Waals surface area contributed by atoms with Crippen LogP contribution in [-0.4, -0.2) is 21.9 Å². The number of nitrogens with zero attached hydrogens (tertiary/aromatic N) is 2. The second-order valence-electron chi connectivity index (χ2n) is 8.25. The van der Waals surface area contributed by atoms with E-state index in [9.17, 15) is 0 Å². The summed E-state index contributed by atoms with van der Waals surface area (Å²) in [6.07, 6.45) is 11.2. The van der Waals surface area contributed by atoms with Gasteiger partial charge < -0.3 is 5.32 Å². The van der Waals surface area contributed by atoms with Gasteiger partial charge in [-0.25, -0.2) is 0 Å². The van der Waals surface area contributed by atoms with Gasteiger partial charge in [0.15, 0.2) is 0 Å². The van der Waals surface area contributed by atoms with Crippen LogP contribution < -0.4 is 5.32 Å². The van der Waals surface area contributed by atoms with E-state index in [0.29, 0.717) is 5.41 Å². The van der Waals surface area contributed by atoms with E-state index < -0.39 is 0 Å². The predicted octanol–water partition coefficient (Wildman–Crippen LogP) is 3.16. The molecular formula is C17H29N3. The number of aromatic nitrogens is 2. The monoisotopic (exact) mass is 275 g/mol. The van der Waals surface area contributed by atoms with Crippen LogP contribution in [0.25, 0.3) is 0 Å². The minimum absolute atomic E-state index is 0.212. The van der Waals surface area contributed by atoms with Crippen molar-refractivity contribution >= 4 is 0 Å². The Morgan fingerprint density at radius 3 is 2.70 bits per heavy atom. The standard InChI is InChI=1S/C17H29N3/c1-16(2,3)18-12-17(8-13-5-6-15(17)7-13)9-14-10-19-20(4)11-14/h10-11,13,15,18H,5-9,12H2,1-4H3. The highest BCUT2D eigenvalue weighted by atomic mass is 15.2.